The van der Waals surface area contributed by atoms with Gasteiger partial charge in [0.2, 0.25) is 0 Å². The van der Waals surface area contributed by atoms with Crippen molar-refractivity contribution in [3.05, 3.63) is 11.6 Å². The minimum absolute atomic E-state index is 0.198. The first-order valence-corrected chi connectivity index (χ1v) is 7.94. The van der Waals surface area contributed by atoms with E-state index < -0.39 is 42.9 Å². The summed E-state index contributed by atoms with van der Waals surface area (Å²) in [6, 6.07) is 0. The molecular weight excluding hydrogens is 288 g/mol. The summed E-state index contributed by atoms with van der Waals surface area (Å²) in [5.41, 5.74) is 0.835. The summed E-state index contributed by atoms with van der Waals surface area (Å²) in [6.45, 7) is 5.74. The molecule has 0 aromatic heterocycles. The highest BCUT2D eigenvalue weighted by atomic mass is 16.7. The molecule has 1 saturated heterocycles. The van der Waals surface area contributed by atoms with E-state index in [0.29, 0.717) is 6.42 Å². The highest BCUT2D eigenvalue weighted by Crippen LogP contribution is 2.39. The first-order chi connectivity index (χ1) is 10.3. The number of aliphatic hydroxyl groups excluding tert-OH is 4. The molecule has 6 atom stereocenters. The second-order valence-electron chi connectivity index (χ2n) is 6.79. The Bertz CT molecular complexity index is 407. The topological polar surface area (TPSA) is 99.4 Å². The van der Waals surface area contributed by atoms with Crippen molar-refractivity contribution < 1.29 is 29.9 Å². The summed E-state index contributed by atoms with van der Waals surface area (Å²) >= 11 is 0. The SMILES string of the molecule is CC1=CCC(O[C@@H]2O[C@H](CO)[C@@H](O)[C@H](O)[C@H]2O)(C(C)C)CC1. The lowest BCUT2D eigenvalue weighted by molar-refractivity contribution is -0.333. The molecule has 1 fully saturated rings. The van der Waals surface area contributed by atoms with Crippen molar-refractivity contribution in [2.75, 3.05) is 6.61 Å². The maximum Gasteiger partial charge on any atom is 0.187 e. The van der Waals surface area contributed by atoms with E-state index in [9.17, 15) is 20.4 Å². The molecule has 6 nitrogen and oxygen atoms in total. The van der Waals surface area contributed by atoms with E-state index in [1.165, 1.54) is 5.57 Å². The molecule has 0 saturated carbocycles. The molecule has 0 bridgehead atoms. The van der Waals surface area contributed by atoms with Crippen molar-refractivity contribution >= 4 is 0 Å². The van der Waals surface area contributed by atoms with E-state index in [0.717, 1.165) is 12.8 Å². The highest BCUT2D eigenvalue weighted by Gasteiger charge is 2.48. The Hall–Kier alpha value is -0.500. The molecule has 0 aromatic carbocycles. The van der Waals surface area contributed by atoms with Crippen LogP contribution in [-0.2, 0) is 9.47 Å². The Balaban J connectivity index is 2.16. The van der Waals surface area contributed by atoms with Gasteiger partial charge in [0.25, 0.3) is 0 Å². The third-order valence-corrected chi connectivity index (χ3v) is 4.99. The number of allylic oxidation sites excluding steroid dienone is 1. The summed E-state index contributed by atoms with van der Waals surface area (Å²) < 4.78 is 11.6. The lowest BCUT2D eigenvalue weighted by Gasteiger charge is -2.47. The maximum atomic E-state index is 10.1. The molecule has 1 aliphatic heterocycles. The summed E-state index contributed by atoms with van der Waals surface area (Å²) in [4.78, 5) is 0. The van der Waals surface area contributed by atoms with Crippen LogP contribution in [0.3, 0.4) is 0 Å². The molecule has 1 unspecified atom stereocenters. The van der Waals surface area contributed by atoms with Gasteiger partial charge >= 0.3 is 0 Å². The Morgan fingerprint density at radius 2 is 1.95 bits per heavy atom. The summed E-state index contributed by atoms with van der Waals surface area (Å²) in [7, 11) is 0. The van der Waals surface area contributed by atoms with Crippen molar-refractivity contribution in [3.63, 3.8) is 0 Å². The third kappa shape index (κ3) is 3.37. The van der Waals surface area contributed by atoms with Gasteiger partial charge in [0, 0.05) is 0 Å². The standard InChI is InChI=1S/C16H28O6/c1-9(2)16(6-4-10(3)5-7-16)22-15-14(20)13(19)12(18)11(8-17)21-15/h4,9,11-15,17-20H,5-8H2,1-3H3/t11-,12-,13+,14-,15+,16?/m1/s1. The minimum Gasteiger partial charge on any atom is -0.394 e. The van der Waals surface area contributed by atoms with E-state index in [1.807, 2.05) is 0 Å². The van der Waals surface area contributed by atoms with Crippen LogP contribution in [0.4, 0.5) is 0 Å². The lowest BCUT2D eigenvalue weighted by atomic mass is 9.78. The van der Waals surface area contributed by atoms with Crippen molar-refractivity contribution in [3.8, 4) is 0 Å². The predicted molar refractivity (Wildman–Crippen MR) is 80.0 cm³/mol. The van der Waals surface area contributed by atoms with Crippen LogP contribution in [0.25, 0.3) is 0 Å². The van der Waals surface area contributed by atoms with Crippen molar-refractivity contribution in [2.45, 2.75) is 76.3 Å². The first kappa shape index (κ1) is 17.8. The van der Waals surface area contributed by atoms with Crippen LogP contribution in [0.5, 0.6) is 0 Å². The zero-order chi connectivity index (χ0) is 16.5. The largest absolute Gasteiger partial charge is 0.394 e. The van der Waals surface area contributed by atoms with E-state index in [-0.39, 0.29) is 5.92 Å². The minimum atomic E-state index is -1.40. The molecule has 22 heavy (non-hydrogen) atoms. The monoisotopic (exact) mass is 316 g/mol. The van der Waals surface area contributed by atoms with Crippen molar-refractivity contribution in [1.82, 2.24) is 0 Å². The number of hydrogen-bond acceptors (Lipinski definition) is 6. The molecule has 128 valence electrons. The van der Waals surface area contributed by atoms with Gasteiger partial charge in [-0.05, 0) is 32.1 Å². The van der Waals surface area contributed by atoms with Gasteiger partial charge < -0.3 is 29.9 Å². The molecular formula is C16H28O6. The highest BCUT2D eigenvalue weighted by molar-refractivity contribution is 5.09. The van der Waals surface area contributed by atoms with Crippen LogP contribution in [0.2, 0.25) is 0 Å². The maximum absolute atomic E-state index is 10.1. The number of rotatable bonds is 4. The molecule has 6 heteroatoms. The summed E-state index contributed by atoms with van der Waals surface area (Å²) in [6.07, 6.45) is -1.54. The number of ether oxygens (including phenoxy) is 2. The molecule has 0 spiro atoms. The molecule has 2 aliphatic rings. The van der Waals surface area contributed by atoms with Gasteiger partial charge in [-0.15, -0.1) is 0 Å². The van der Waals surface area contributed by atoms with Crippen LogP contribution in [0, 0.1) is 5.92 Å². The third-order valence-electron chi connectivity index (χ3n) is 4.99. The van der Waals surface area contributed by atoms with Gasteiger partial charge in [0.15, 0.2) is 6.29 Å². The predicted octanol–water partition coefficient (Wildman–Crippen LogP) is 0.328. The molecule has 0 amide bonds. The molecule has 0 radical (unpaired) electrons. The molecule has 2 rings (SSSR count). The zero-order valence-electron chi connectivity index (χ0n) is 13.5. The smallest absolute Gasteiger partial charge is 0.187 e. The van der Waals surface area contributed by atoms with Gasteiger partial charge in [-0.25, -0.2) is 0 Å². The lowest BCUT2D eigenvalue weighted by Crippen LogP contribution is -2.61. The van der Waals surface area contributed by atoms with E-state index in [4.69, 9.17) is 9.47 Å². The van der Waals surface area contributed by atoms with Gasteiger partial charge in [0.05, 0.1) is 12.2 Å². The Kier molecular flexibility index (Phi) is 5.63. The Morgan fingerprint density at radius 1 is 1.27 bits per heavy atom. The van der Waals surface area contributed by atoms with Crippen LogP contribution in [0.15, 0.2) is 11.6 Å². The van der Waals surface area contributed by atoms with Crippen LogP contribution in [-0.4, -0.2) is 63.3 Å². The van der Waals surface area contributed by atoms with E-state index >= 15 is 0 Å². The van der Waals surface area contributed by atoms with E-state index in [2.05, 4.69) is 26.8 Å². The van der Waals surface area contributed by atoms with Crippen molar-refractivity contribution in [2.24, 2.45) is 5.92 Å². The quantitative estimate of drug-likeness (QED) is 0.558. The summed E-state index contributed by atoms with van der Waals surface area (Å²) in [5, 5.41) is 39.1. The number of aliphatic hydroxyl groups is 4. The summed E-state index contributed by atoms with van der Waals surface area (Å²) in [5.74, 6) is 0.198. The van der Waals surface area contributed by atoms with Gasteiger partial charge in [-0.3, -0.25) is 0 Å². The molecule has 1 heterocycles. The molecule has 1 aliphatic carbocycles. The fourth-order valence-electron chi connectivity index (χ4n) is 3.12. The van der Waals surface area contributed by atoms with Crippen molar-refractivity contribution in [1.29, 1.82) is 0 Å². The average molecular weight is 316 g/mol. The first-order valence-electron chi connectivity index (χ1n) is 7.94. The molecule has 0 aromatic rings. The fraction of sp³-hybridized carbons (Fsp3) is 0.875. The second-order valence-corrected chi connectivity index (χ2v) is 6.79. The zero-order valence-corrected chi connectivity index (χ0v) is 13.5. The Morgan fingerprint density at radius 3 is 2.45 bits per heavy atom. The number of hydrogen-bond donors (Lipinski definition) is 4. The van der Waals surface area contributed by atoms with Crippen LogP contribution in [0.1, 0.15) is 40.0 Å². The molecule has 4 N–H and O–H groups in total. The van der Waals surface area contributed by atoms with Crippen LogP contribution < -0.4 is 0 Å². The van der Waals surface area contributed by atoms with Gasteiger partial charge in [-0.1, -0.05) is 25.5 Å². The van der Waals surface area contributed by atoms with Crippen LogP contribution >= 0.6 is 0 Å². The average Bonchev–Trinajstić information content (AvgIpc) is 2.50. The normalized spacial score (nSPS) is 43.3. The van der Waals surface area contributed by atoms with Gasteiger partial charge in [0.1, 0.15) is 24.4 Å². The second kappa shape index (κ2) is 6.95. The fourth-order valence-corrected chi connectivity index (χ4v) is 3.12. The van der Waals surface area contributed by atoms with E-state index in [1.54, 1.807) is 0 Å². The van der Waals surface area contributed by atoms with Gasteiger partial charge in [-0.2, -0.15) is 0 Å². The Labute approximate surface area is 131 Å².